The van der Waals surface area contributed by atoms with Gasteiger partial charge in [0.15, 0.2) is 17.5 Å². The van der Waals surface area contributed by atoms with Crippen LogP contribution in [0.5, 0.6) is 0 Å². The SMILES string of the molecule is [2H]c1c([2H])c([2H])c(-c2ccc3cc(-c4nc(-c5cccc(-c6cccc7oc8ccccc8c67)c5)nc(-c5c([2H])c([2H])c([2H])c([2H])c5[2H])n4)ccc3c2)c([2H])c1[2H]. The van der Waals surface area contributed by atoms with Crippen LogP contribution >= 0.6 is 0 Å². The quantitative estimate of drug-likeness (QED) is 0.194. The highest BCUT2D eigenvalue weighted by molar-refractivity contribution is 6.12. The third kappa shape index (κ3) is 4.93. The van der Waals surface area contributed by atoms with Gasteiger partial charge < -0.3 is 4.42 Å². The second kappa shape index (κ2) is 11.2. The van der Waals surface area contributed by atoms with Gasteiger partial charge in [-0.25, -0.2) is 15.0 Å². The minimum Gasteiger partial charge on any atom is -0.456 e. The summed E-state index contributed by atoms with van der Waals surface area (Å²) in [6.07, 6.45) is 0. The second-order valence-electron chi connectivity index (χ2n) is 10.9. The first-order valence-corrected chi connectivity index (χ1v) is 14.9. The molecule has 0 amide bonds. The van der Waals surface area contributed by atoms with E-state index in [-0.39, 0.29) is 40.7 Å². The van der Waals surface area contributed by atoms with Gasteiger partial charge in [0, 0.05) is 27.5 Å². The van der Waals surface area contributed by atoms with Crippen molar-refractivity contribution >= 4 is 32.7 Å². The van der Waals surface area contributed by atoms with Gasteiger partial charge in [0.05, 0.1) is 13.7 Å². The number of hydrogen-bond acceptors (Lipinski definition) is 4. The molecule has 7 aromatic carbocycles. The summed E-state index contributed by atoms with van der Waals surface area (Å²) in [4.78, 5) is 14.3. The maximum Gasteiger partial charge on any atom is 0.164 e. The highest BCUT2D eigenvalue weighted by Gasteiger charge is 2.16. The van der Waals surface area contributed by atoms with Gasteiger partial charge in [0.2, 0.25) is 0 Å². The molecule has 2 aromatic heterocycles. The Balaban J connectivity index is 1.21. The second-order valence-corrected chi connectivity index (χ2v) is 10.9. The minimum atomic E-state index is -0.533. The molecule has 4 nitrogen and oxygen atoms in total. The number of furan rings is 1. The highest BCUT2D eigenvalue weighted by Crippen LogP contribution is 2.38. The molecule has 220 valence electrons. The van der Waals surface area contributed by atoms with Crippen LogP contribution in [0.15, 0.2) is 168 Å². The van der Waals surface area contributed by atoms with Crippen molar-refractivity contribution in [2.75, 3.05) is 0 Å². The molecular weight excluding hydrogens is 574 g/mol. The van der Waals surface area contributed by atoms with Crippen LogP contribution < -0.4 is 0 Å². The van der Waals surface area contributed by atoms with Gasteiger partial charge in [0.25, 0.3) is 0 Å². The number of nitrogens with zero attached hydrogens (tertiary/aromatic N) is 3. The average Bonchev–Trinajstić information content (AvgIpc) is 3.62. The molecule has 0 atom stereocenters. The maximum absolute atomic E-state index is 8.72. The van der Waals surface area contributed by atoms with E-state index in [0.29, 0.717) is 16.7 Å². The van der Waals surface area contributed by atoms with Crippen LogP contribution in [0.3, 0.4) is 0 Å². The highest BCUT2D eigenvalue weighted by atomic mass is 16.3. The van der Waals surface area contributed by atoms with E-state index in [9.17, 15) is 0 Å². The number of fused-ring (bicyclic) bond motifs is 4. The fourth-order valence-electron chi connectivity index (χ4n) is 5.88. The van der Waals surface area contributed by atoms with E-state index in [1.807, 2.05) is 72.8 Å². The van der Waals surface area contributed by atoms with Crippen LogP contribution in [-0.4, -0.2) is 15.0 Å². The van der Waals surface area contributed by atoms with Crippen LogP contribution in [-0.2, 0) is 0 Å². The van der Waals surface area contributed by atoms with E-state index >= 15 is 0 Å². The van der Waals surface area contributed by atoms with Crippen molar-refractivity contribution in [2.45, 2.75) is 0 Å². The Kier molecular flexibility index (Phi) is 4.42. The number of benzene rings is 7. The first kappa shape index (κ1) is 18.5. The molecular formula is C43H27N3O. The molecule has 0 aliphatic heterocycles. The van der Waals surface area contributed by atoms with Crippen molar-refractivity contribution in [3.8, 4) is 56.4 Å². The minimum absolute atomic E-state index is 0.0942. The molecule has 0 N–H and O–H groups in total. The lowest BCUT2D eigenvalue weighted by atomic mass is 9.97. The predicted molar refractivity (Wildman–Crippen MR) is 192 cm³/mol. The molecule has 9 aromatic rings. The normalized spacial score (nSPS) is 14.4. The molecule has 0 unspecified atom stereocenters. The lowest BCUT2D eigenvalue weighted by Gasteiger charge is -2.11. The summed E-state index contributed by atoms with van der Waals surface area (Å²) in [7, 11) is 0. The summed E-state index contributed by atoms with van der Waals surface area (Å²) < 4.78 is 89.5. The Hall–Kier alpha value is -6.39. The van der Waals surface area contributed by atoms with Crippen molar-refractivity contribution in [2.24, 2.45) is 0 Å². The number of hydrogen-bond donors (Lipinski definition) is 0. The van der Waals surface area contributed by atoms with Crippen molar-refractivity contribution in [3.05, 3.63) is 164 Å². The van der Waals surface area contributed by atoms with Crippen LogP contribution in [0, 0.1) is 0 Å². The molecule has 0 bridgehead atoms. The van der Waals surface area contributed by atoms with Gasteiger partial charge in [-0.3, -0.25) is 0 Å². The molecule has 0 saturated carbocycles. The smallest absolute Gasteiger partial charge is 0.164 e. The van der Waals surface area contributed by atoms with E-state index < -0.39 is 48.3 Å². The third-order valence-electron chi connectivity index (χ3n) is 8.08. The monoisotopic (exact) mass is 611 g/mol. The fraction of sp³-hybridized carbons (Fsp3) is 0. The summed E-state index contributed by atoms with van der Waals surface area (Å²) in [6.45, 7) is 0. The van der Waals surface area contributed by atoms with Crippen molar-refractivity contribution in [1.82, 2.24) is 15.0 Å². The standard InChI is InChI=1S/C43H27N3O/c1-3-11-28(12-4-1)30-21-22-32-26-35(24-23-31(32)25-30)43-45-41(29-13-5-2-6-14-29)44-42(46-43)34-16-9-15-33(27-34)36-18-10-20-39-40(36)37-17-7-8-19-38(37)47-39/h1-27H/i1D,2D,3D,4D,5D,6D,11D,12D,13D,14D. The van der Waals surface area contributed by atoms with E-state index in [2.05, 4.69) is 0 Å². The summed E-state index contributed by atoms with van der Waals surface area (Å²) in [6, 6.07) is 27.6. The molecule has 2 heterocycles. The predicted octanol–water partition coefficient (Wildman–Crippen LogP) is 11.3. The lowest BCUT2D eigenvalue weighted by Crippen LogP contribution is -2.00. The van der Waals surface area contributed by atoms with E-state index in [0.717, 1.165) is 43.8 Å². The van der Waals surface area contributed by atoms with E-state index in [1.165, 1.54) is 0 Å². The fourth-order valence-corrected chi connectivity index (χ4v) is 5.88. The van der Waals surface area contributed by atoms with E-state index in [4.69, 9.17) is 33.1 Å². The Morgan fingerprint density at radius 2 is 1.00 bits per heavy atom. The van der Waals surface area contributed by atoms with Gasteiger partial charge in [-0.1, -0.05) is 133 Å². The zero-order valence-corrected chi connectivity index (χ0v) is 24.6. The van der Waals surface area contributed by atoms with Gasteiger partial charge >= 0.3 is 0 Å². The lowest BCUT2D eigenvalue weighted by molar-refractivity contribution is 0.669. The molecule has 0 spiro atoms. The van der Waals surface area contributed by atoms with Crippen LogP contribution in [0.1, 0.15) is 13.7 Å². The summed E-state index contributed by atoms with van der Waals surface area (Å²) >= 11 is 0. The third-order valence-corrected chi connectivity index (χ3v) is 8.08. The topological polar surface area (TPSA) is 51.8 Å². The molecule has 0 aliphatic carbocycles. The number of aromatic nitrogens is 3. The summed E-state index contributed by atoms with van der Waals surface area (Å²) in [5, 5.41) is 3.37. The van der Waals surface area contributed by atoms with Crippen molar-refractivity contribution in [3.63, 3.8) is 0 Å². The molecule has 4 heteroatoms. The molecule has 0 aliphatic rings. The Bertz CT molecular complexity index is 3110. The summed E-state index contributed by atoms with van der Waals surface area (Å²) in [5.74, 6) is 0.299. The number of para-hydroxylation sites is 1. The van der Waals surface area contributed by atoms with Crippen LogP contribution in [0.25, 0.3) is 89.1 Å². The van der Waals surface area contributed by atoms with Crippen molar-refractivity contribution in [1.29, 1.82) is 0 Å². The number of rotatable bonds is 5. The molecule has 0 radical (unpaired) electrons. The Morgan fingerprint density at radius 1 is 0.426 bits per heavy atom. The van der Waals surface area contributed by atoms with E-state index in [1.54, 1.807) is 30.3 Å². The Morgan fingerprint density at radius 3 is 1.77 bits per heavy atom. The van der Waals surface area contributed by atoms with Gasteiger partial charge in [-0.05, 0) is 63.4 Å². The molecule has 0 fully saturated rings. The summed E-state index contributed by atoms with van der Waals surface area (Å²) in [5.41, 5.74) is 4.81. The zero-order chi connectivity index (χ0) is 39.9. The zero-order valence-electron chi connectivity index (χ0n) is 34.6. The van der Waals surface area contributed by atoms with Gasteiger partial charge in [-0.2, -0.15) is 0 Å². The first-order chi connectivity index (χ1) is 27.4. The maximum atomic E-state index is 8.72. The van der Waals surface area contributed by atoms with Crippen LogP contribution in [0.4, 0.5) is 0 Å². The molecule has 0 saturated heterocycles. The van der Waals surface area contributed by atoms with Crippen molar-refractivity contribution < 1.29 is 18.1 Å². The largest absolute Gasteiger partial charge is 0.456 e. The average molecular weight is 612 g/mol. The van der Waals surface area contributed by atoms with Gasteiger partial charge in [-0.15, -0.1) is 0 Å². The van der Waals surface area contributed by atoms with Crippen LogP contribution in [0.2, 0.25) is 0 Å². The van der Waals surface area contributed by atoms with Gasteiger partial charge in [0.1, 0.15) is 11.2 Å². The first-order valence-electron chi connectivity index (χ1n) is 19.9. The molecule has 47 heavy (non-hydrogen) atoms. The Labute approximate surface area is 285 Å². The molecule has 9 rings (SSSR count).